The van der Waals surface area contributed by atoms with Gasteiger partial charge in [0.1, 0.15) is 6.67 Å². The van der Waals surface area contributed by atoms with Crippen LogP contribution in [0.25, 0.3) is 0 Å². The second-order valence-corrected chi connectivity index (χ2v) is 10.5. The molecular weight excluding hydrogens is 371 g/mol. The zero-order chi connectivity index (χ0) is 19.7. The smallest absolute Gasteiger partial charge is 0.115 e. The first-order chi connectivity index (χ1) is 12.7. The molecule has 160 valence electrons. The molecule has 0 bridgehead atoms. The molecule has 2 nitrogen and oxygen atoms in total. The number of hydrogen-bond acceptors (Lipinski definition) is 2. The van der Waals surface area contributed by atoms with Crippen molar-refractivity contribution in [3.05, 3.63) is 29.3 Å². The summed E-state index contributed by atoms with van der Waals surface area (Å²) in [5.41, 5.74) is 4.28. The second kappa shape index (κ2) is 9.34. The normalized spacial score (nSPS) is 22.7. The molecule has 2 fully saturated rings. The van der Waals surface area contributed by atoms with Gasteiger partial charge >= 0.3 is 0 Å². The minimum absolute atomic E-state index is 0. The molecule has 2 aliphatic rings. The number of piperazine rings is 1. The van der Waals surface area contributed by atoms with Crippen LogP contribution in [0.3, 0.4) is 0 Å². The zero-order valence-electron chi connectivity index (χ0n) is 18.6. The topological polar surface area (TPSA) is 6.48 Å². The van der Waals surface area contributed by atoms with Gasteiger partial charge in [-0.15, -0.1) is 12.4 Å². The Labute approximate surface area is 178 Å². The monoisotopic (exact) mass is 410 g/mol. The predicted octanol–water partition coefficient (Wildman–Crippen LogP) is 6.43. The number of nitrogens with zero attached hydrogens (tertiary/aromatic N) is 2. The molecule has 1 aliphatic carbocycles. The standard InChI is InChI=1S/C24H39FN2.ClH/c1-6-9-26-10-12-27(13-11-26)22-8-7-19(17-25)14-21(22)20-15-23(2,3)18-24(4,5)16-20;/h7-8,14,20H,6,9-13,15-18H2,1-5H3;1H. The van der Waals surface area contributed by atoms with E-state index in [1.807, 2.05) is 6.07 Å². The predicted molar refractivity (Wildman–Crippen MR) is 122 cm³/mol. The largest absolute Gasteiger partial charge is 0.369 e. The van der Waals surface area contributed by atoms with Gasteiger partial charge in [0, 0.05) is 31.9 Å². The highest BCUT2D eigenvalue weighted by molar-refractivity contribution is 5.85. The van der Waals surface area contributed by atoms with Gasteiger partial charge in [-0.25, -0.2) is 4.39 Å². The van der Waals surface area contributed by atoms with Crippen LogP contribution in [0.4, 0.5) is 10.1 Å². The van der Waals surface area contributed by atoms with E-state index in [1.165, 1.54) is 43.5 Å². The lowest BCUT2D eigenvalue weighted by Crippen LogP contribution is -2.47. The molecule has 1 aliphatic heterocycles. The van der Waals surface area contributed by atoms with Crippen LogP contribution in [0.5, 0.6) is 0 Å². The highest BCUT2D eigenvalue weighted by atomic mass is 35.5. The lowest BCUT2D eigenvalue weighted by atomic mass is 9.60. The Hall–Kier alpha value is -0.800. The van der Waals surface area contributed by atoms with Gasteiger partial charge in [0.25, 0.3) is 0 Å². The minimum Gasteiger partial charge on any atom is -0.369 e. The molecule has 1 saturated heterocycles. The Morgan fingerprint density at radius 2 is 1.61 bits per heavy atom. The lowest BCUT2D eigenvalue weighted by Gasteiger charge is -2.46. The fourth-order valence-corrected chi connectivity index (χ4v) is 5.90. The molecule has 0 unspecified atom stereocenters. The molecule has 0 amide bonds. The van der Waals surface area contributed by atoms with E-state index >= 15 is 0 Å². The van der Waals surface area contributed by atoms with Crippen molar-refractivity contribution in [1.29, 1.82) is 0 Å². The first kappa shape index (κ1) is 23.5. The summed E-state index contributed by atoms with van der Waals surface area (Å²) in [6.07, 6.45) is 4.90. The van der Waals surface area contributed by atoms with Gasteiger partial charge in [0.05, 0.1) is 0 Å². The summed E-state index contributed by atoms with van der Waals surface area (Å²) in [6, 6.07) is 6.38. The van der Waals surface area contributed by atoms with Crippen LogP contribution in [0, 0.1) is 10.8 Å². The van der Waals surface area contributed by atoms with E-state index in [9.17, 15) is 4.39 Å². The van der Waals surface area contributed by atoms with Gasteiger partial charge < -0.3 is 4.90 Å². The quantitative estimate of drug-likeness (QED) is 0.551. The van der Waals surface area contributed by atoms with Crippen molar-refractivity contribution in [2.45, 2.75) is 72.9 Å². The maximum Gasteiger partial charge on any atom is 0.115 e. The molecule has 1 saturated carbocycles. The molecule has 0 spiro atoms. The summed E-state index contributed by atoms with van der Waals surface area (Å²) < 4.78 is 13.5. The van der Waals surface area contributed by atoms with E-state index in [-0.39, 0.29) is 19.1 Å². The number of rotatable bonds is 5. The first-order valence-corrected chi connectivity index (χ1v) is 10.9. The van der Waals surface area contributed by atoms with Gasteiger partial charge in [0.2, 0.25) is 0 Å². The molecule has 1 aromatic rings. The summed E-state index contributed by atoms with van der Waals surface area (Å²) >= 11 is 0. The fraction of sp³-hybridized carbons (Fsp3) is 0.750. The molecule has 0 N–H and O–H groups in total. The average Bonchev–Trinajstić information content (AvgIpc) is 2.59. The Morgan fingerprint density at radius 1 is 1.00 bits per heavy atom. The first-order valence-electron chi connectivity index (χ1n) is 10.9. The maximum absolute atomic E-state index is 13.5. The summed E-state index contributed by atoms with van der Waals surface area (Å²) in [5.74, 6) is 0.527. The molecule has 1 heterocycles. The van der Waals surface area contributed by atoms with Crippen molar-refractivity contribution in [2.75, 3.05) is 37.6 Å². The molecule has 3 rings (SSSR count). The number of halogens is 2. The van der Waals surface area contributed by atoms with Crippen molar-refractivity contribution in [2.24, 2.45) is 10.8 Å². The number of anilines is 1. The number of alkyl halides is 1. The molecule has 0 atom stereocenters. The minimum atomic E-state index is -0.364. The van der Waals surface area contributed by atoms with Crippen LogP contribution in [-0.4, -0.2) is 37.6 Å². The highest BCUT2D eigenvalue weighted by Crippen LogP contribution is 2.53. The molecule has 4 heteroatoms. The third-order valence-electron chi connectivity index (χ3n) is 6.49. The Morgan fingerprint density at radius 3 is 2.14 bits per heavy atom. The Bertz CT molecular complexity index is 619. The van der Waals surface area contributed by atoms with Gasteiger partial charge in [-0.3, -0.25) is 4.90 Å². The van der Waals surface area contributed by atoms with Crippen molar-refractivity contribution in [1.82, 2.24) is 4.90 Å². The lowest BCUT2D eigenvalue weighted by molar-refractivity contribution is 0.0969. The van der Waals surface area contributed by atoms with Gasteiger partial charge in [-0.1, -0.05) is 46.8 Å². The molecule has 0 radical (unpaired) electrons. The molecule has 1 aromatic carbocycles. The van der Waals surface area contributed by atoms with Crippen LogP contribution < -0.4 is 4.90 Å². The Kier molecular flexibility index (Phi) is 7.83. The summed E-state index contributed by atoms with van der Waals surface area (Å²) in [4.78, 5) is 5.12. The van der Waals surface area contributed by atoms with Crippen LogP contribution in [-0.2, 0) is 6.67 Å². The van der Waals surface area contributed by atoms with E-state index in [2.05, 4.69) is 56.6 Å². The van der Waals surface area contributed by atoms with Crippen molar-refractivity contribution < 1.29 is 4.39 Å². The Balaban J connectivity index is 0.00000280. The molecular formula is C24H40ClFN2. The van der Waals surface area contributed by atoms with E-state index < -0.39 is 0 Å². The van der Waals surface area contributed by atoms with Crippen molar-refractivity contribution in [3.63, 3.8) is 0 Å². The van der Waals surface area contributed by atoms with Gasteiger partial charge in [-0.05, 0) is 66.2 Å². The van der Waals surface area contributed by atoms with E-state index in [4.69, 9.17) is 0 Å². The number of hydrogen-bond donors (Lipinski definition) is 0. The zero-order valence-corrected chi connectivity index (χ0v) is 19.4. The summed E-state index contributed by atoms with van der Waals surface area (Å²) in [7, 11) is 0. The van der Waals surface area contributed by atoms with Crippen LogP contribution in [0.1, 0.15) is 77.3 Å². The van der Waals surface area contributed by atoms with Crippen LogP contribution in [0.2, 0.25) is 0 Å². The maximum atomic E-state index is 13.5. The van der Waals surface area contributed by atoms with Crippen molar-refractivity contribution >= 4 is 18.1 Å². The van der Waals surface area contributed by atoms with E-state index in [1.54, 1.807) is 0 Å². The van der Waals surface area contributed by atoms with Crippen molar-refractivity contribution in [3.8, 4) is 0 Å². The van der Waals surface area contributed by atoms with E-state index in [0.29, 0.717) is 16.7 Å². The average molecular weight is 411 g/mol. The van der Waals surface area contributed by atoms with Gasteiger partial charge in [0.15, 0.2) is 0 Å². The van der Waals surface area contributed by atoms with E-state index in [0.717, 1.165) is 31.7 Å². The SMILES string of the molecule is CCCN1CCN(c2ccc(CF)cc2C2CC(C)(C)CC(C)(C)C2)CC1.Cl. The number of benzene rings is 1. The van der Waals surface area contributed by atoms with Crippen LogP contribution >= 0.6 is 12.4 Å². The third kappa shape index (κ3) is 5.63. The molecule has 0 aromatic heterocycles. The van der Waals surface area contributed by atoms with Crippen LogP contribution in [0.15, 0.2) is 18.2 Å². The summed E-state index contributed by atoms with van der Waals surface area (Å²) in [5, 5.41) is 0. The van der Waals surface area contributed by atoms with Gasteiger partial charge in [-0.2, -0.15) is 0 Å². The summed E-state index contributed by atoms with van der Waals surface area (Å²) in [6.45, 7) is 17.2. The highest BCUT2D eigenvalue weighted by Gasteiger charge is 2.40. The molecule has 28 heavy (non-hydrogen) atoms. The third-order valence-corrected chi connectivity index (χ3v) is 6.49. The fourth-order valence-electron chi connectivity index (χ4n) is 5.90. The second-order valence-electron chi connectivity index (χ2n) is 10.5.